The first kappa shape index (κ1) is 12.0. The van der Waals surface area contributed by atoms with Crippen molar-refractivity contribution in [2.45, 2.75) is 31.7 Å². The second kappa shape index (κ2) is 5.77. The number of hydrogen-bond acceptors (Lipinski definition) is 4. The summed E-state index contributed by atoms with van der Waals surface area (Å²) >= 11 is 0. The van der Waals surface area contributed by atoms with Crippen molar-refractivity contribution in [1.29, 1.82) is 0 Å². The molecule has 2 heterocycles. The molecule has 1 aromatic heterocycles. The standard InChI is InChI=1S/C11H19N5O/c1-16-8-14-15-10(16)4-6-13-11(17)7-9-3-2-5-12-9/h8-9,12H,2-7H2,1H3,(H,13,17). The average molecular weight is 237 g/mol. The lowest BCUT2D eigenvalue weighted by Gasteiger charge is -2.10. The summed E-state index contributed by atoms with van der Waals surface area (Å²) in [4.78, 5) is 11.6. The predicted molar refractivity (Wildman–Crippen MR) is 63.4 cm³/mol. The van der Waals surface area contributed by atoms with Gasteiger partial charge >= 0.3 is 0 Å². The van der Waals surface area contributed by atoms with Gasteiger partial charge < -0.3 is 15.2 Å². The highest BCUT2D eigenvalue weighted by Crippen LogP contribution is 2.08. The average Bonchev–Trinajstić information content (AvgIpc) is 2.91. The predicted octanol–water partition coefficient (Wildman–Crippen LogP) is -0.384. The van der Waals surface area contributed by atoms with Gasteiger partial charge in [-0.05, 0) is 19.4 Å². The zero-order chi connectivity index (χ0) is 12.1. The lowest BCUT2D eigenvalue weighted by atomic mass is 10.1. The van der Waals surface area contributed by atoms with Gasteiger partial charge in [0.2, 0.25) is 5.91 Å². The van der Waals surface area contributed by atoms with Crippen LogP contribution in [0.15, 0.2) is 6.33 Å². The van der Waals surface area contributed by atoms with E-state index in [1.165, 1.54) is 6.42 Å². The van der Waals surface area contributed by atoms with Gasteiger partial charge in [-0.25, -0.2) is 0 Å². The van der Waals surface area contributed by atoms with Crippen LogP contribution >= 0.6 is 0 Å². The highest BCUT2D eigenvalue weighted by molar-refractivity contribution is 5.76. The van der Waals surface area contributed by atoms with Gasteiger partial charge in [-0.1, -0.05) is 0 Å². The van der Waals surface area contributed by atoms with Crippen LogP contribution in [0, 0.1) is 0 Å². The quantitative estimate of drug-likeness (QED) is 0.732. The molecule has 1 fully saturated rings. The summed E-state index contributed by atoms with van der Waals surface area (Å²) in [5.41, 5.74) is 0. The minimum atomic E-state index is 0.117. The summed E-state index contributed by atoms with van der Waals surface area (Å²) in [5, 5.41) is 14.0. The number of rotatable bonds is 5. The number of nitrogens with one attached hydrogen (secondary N) is 2. The van der Waals surface area contributed by atoms with Crippen LogP contribution in [0.3, 0.4) is 0 Å². The molecule has 1 aromatic rings. The fourth-order valence-corrected chi connectivity index (χ4v) is 2.07. The molecule has 6 heteroatoms. The third-order valence-electron chi connectivity index (χ3n) is 3.07. The Morgan fingerprint density at radius 2 is 2.59 bits per heavy atom. The van der Waals surface area contributed by atoms with Crippen molar-refractivity contribution in [1.82, 2.24) is 25.4 Å². The molecule has 0 aromatic carbocycles. The van der Waals surface area contributed by atoms with E-state index in [1.807, 2.05) is 11.6 Å². The maximum absolute atomic E-state index is 11.6. The Hall–Kier alpha value is -1.43. The largest absolute Gasteiger partial charge is 0.356 e. The Kier molecular flexibility index (Phi) is 4.08. The minimum absolute atomic E-state index is 0.117. The number of hydrogen-bond donors (Lipinski definition) is 2. The van der Waals surface area contributed by atoms with Crippen molar-refractivity contribution in [2.24, 2.45) is 7.05 Å². The molecule has 1 amide bonds. The molecular weight excluding hydrogens is 218 g/mol. The van der Waals surface area contributed by atoms with Crippen LogP contribution in [-0.2, 0) is 18.3 Å². The van der Waals surface area contributed by atoms with E-state index in [0.717, 1.165) is 25.2 Å². The van der Waals surface area contributed by atoms with Crippen LogP contribution in [0.1, 0.15) is 25.1 Å². The SMILES string of the molecule is Cn1cnnc1CCNC(=O)CC1CCCN1. The molecule has 2 N–H and O–H groups in total. The maximum Gasteiger partial charge on any atom is 0.221 e. The van der Waals surface area contributed by atoms with E-state index >= 15 is 0 Å². The number of nitrogens with zero attached hydrogens (tertiary/aromatic N) is 3. The third-order valence-corrected chi connectivity index (χ3v) is 3.07. The lowest BCUT2D eigenvalue weighted by Crippen LogP contribution is -2.33. The van der Waals surface area contributed by atoms with Gasteiger partial charge in [0, 0.05) is 32.5 Å². The van der Waals surface area contributed by atoms with Gasteiger partial charge in [0.25, 0.3) is 0 Å². The molecule has 0 bridgehead atoms. The molecule has 94 valence electrons. The molecule has 2 rings (SSSR count). The maximum atomic E-state index is 11.6. The third kappa shape index (κ3) is 3.52. The summed E-state index contributed by atoms with van der Waals surface area (Å²) in [7, 11) is 1.90. The summed E-state index contributed by atoms with van der Waals surface area (Å²) in [6, 6.07) is 0.366. The Balaban J connectivity index is 1.64. The van der Waals surface area contributed by atoms with Crippen LogP contribution < -0.4 is 10.6 Å². The summed E-state index contributed by atoms with van der Waals surface area (Å²) in [6.45, 7) is 1.66. The van der Waals surface area contributed by atoms with E-state index in [2.05, 4.69) is 20.8 Å². The first-order chi connectivity index (χ1) is 8.25. The van der Waals surface area contributed by atoms with Gasteiger partial charge in [-0.2, -0.15) is 0 Å². The molecule has 0 saturated carbocycles. The second-order valence-corrected chi connectivity index (χ2v) is 4.46. The number of amides is 1. The molecular formula is C11H19N5O. The number of carbonyl (C=O) groups is 1. The van der Waals surface area contributed by atoms with E-state index in [0.29, 0.717) is 19.0 Å². The van der Waals surface area contributed by atoms with E-state index in [4.69, 9.17) is 0 Å². The van der Waals surface area contributed by atoms with Gasteiger partial charge in [-0.3, -0.25) is 4.79 Å². The smallest absolute Gasteiger partial charge is 0.221 e. The van der Waals surface area contributed by atoms with Crippen molar-refractivity contribution < 1.29 is 4.79 Å². The normalized spacial score (nSPS) is 19.5. The highest BCUT2D eigenvalue weighted by atomic mass is 16.1. The van der Waals surface area contributed by atoms with E-state index in [9.17, 15) is 4.79 Å². The highest BCUT2D eigenvalue weighted by Gasteiger charge is 2.17. The number of aryl methyl sites for hydroxylation is 1. The van der Waals surface area contributed by atoms with Crippen molar-refractivity contribution >= 4 is 5.91 Å². The Morgan fingerprint density at radius 3 is 3.24 bits per heavy atom. The Morgan fingerprint density at radius 1 is 1.71 bits per heavy atom. The number of carbonyl (C=O) groups excluding carboxylic acids is 1. The first-order valence-corrected chi connectivity index (χ1v) is 6.08. The van der Waals surface area contributed by atoms with Crippen LogP contribution in [-0.4, -0.2) is 39.8 Å². The number of aromatic nitrogens is 3. The molecule has 0 radical (unpaired) electrons. The Bertz CT molecular complexity index is 370. The molecule has 1 atom stereocenters. The molecule has 1 unspecified atom stereocenters. The first-order valence-electron chi connectivity index (χ1n) is 6.08. The zero-order valence-corrected chi connectivity index (χ0v) is 10.1. The summed E-state index contributed by atoms with van der Waals surface area (Å²) < 4.78 is 1.87. The molecule has 0 aliphatic carbocycles. The molecule has 17 heavy (non-hydrogen) atoms. The van der Waals surface area contributed by atoms with Crippen molar-refractivity contribution in [3.63, 3.8) is 0 Å². The summed E-state index contributed by atoms with van der Waals surface area (Å²) in [6.07, 6.45) is 5.26. The fraction of sp³-hybridized carbons (Fsp3) is 0.727. The van der Waals surface area contributed by atoms with Crippen LogP contribution in [0.5, 0.6) is 0 Å². The molecule has 0 spiro atoms. The van der Waals surface area contributed by atoms with Crippen molar-refractivity contribution in [3.05, 3.63) is 12.2 Å². The van der Waals surface area contributed by atoms with Crippen LogP contribution in [0.4, 0.5) is 0 Å². The monoisotopic (exact) mass is 237 g/mol. The van der Waals surface area contributed by atoms with E-state index < -0.39 is 0 Å². The van der Waals surface area contributed by atoms with E-state index in [-0.39, 0.29) is 5.91 Å². The van der Waals surface area contributed by atoms with Gasteiger partial charge in [0.1, 0.15) is 12.2 Å². The zero-order valence-electron chi connectivity index (χ0n) is 10.1. The molecule has 1 aliphatic heterocycles. The van der Waals surface area contributed by atoms with Crippen molar-refractivity contribution in [2.75, 3.05) is 13.1 Å². The summed E-state index contributed by atoms with van der Waals surface area (Å²) in [5.74, 6) is 1.01. The van der Waals surface area contributed by atoms with E-state index in [1.54, 1.807) is 6.33 Å². The minimum Gasteiger partial charge on any atom is -0.356 e. The van der Waals surface area contributed by atoms with Gasteiger partial charge in [-0.15, -0.1) is 10.2 Å². The molecule has 6 nitrogen and oxygen atoms in total. The topological polar surface area (TPSA) is 71.8 Å². The van der Waals surface area contributed by atoms with Gasteiger partial charge in [0.05, 0.1) is 0 Å². The van der Waals surface area contributed by atoms with Crippen LogP contribution in [0.25, 0.3) is 0 Å². The molecule has 1 aliphatic rings. The lowest BCUT2D eigenvalue weighted by molar-refractivity contribution is -0.121. The van der Waals surface area contributed by atoms with Crippen LogP contribution in [0.2, 0.25) is 0 Å². The fourth-order valence-electron chi connectivity index (χ4n) is 2.07. The van der Waals surface area contributed by atoms with Crippen molar-refractivity contribution in [3.8, 4) is 0 Å². The molecule has 1 saturated heterocycles. The Labute approximate surface area is 101 Å². The van der Waals surface area contributed by atoms with Gasteiger partial charge in [0.15, 0.2) is 0 Å². The second-order valence-electron chi connectivity index (χ2n) is 4.46.